The molecule has 13 heteroatoms. The number of nitrogens with zero attached hydrogens (tertiary/aromatic N) is 2. The van der Waals surface area contributed by atoms with E-state index < -0.39 is 47.1 Å². The quantitative estimate of drug-likeness (QED) is 0.0411. The highest BCUT2D eigenvalue weighted by Crippen LogP contribution is 2.51. The Kier molecular flexibility index (Phi) is 12.3. The molecule has 3 atom stereocenters. The number of amides is 1. The van der Waals surface area contributed by atoms with E-state index in [2.05, 4.69) is 0 Å². The monoisotopic (exact) mass is 746 g/mol. The van der Waals surface area contributed by atoms with Crippen LogP contribution >= 0.6 is 42.6 Å². The molecule has 1 amide bonds. The van der Waals surface area contributed by atoms with Crippen LogP contribution in [0, 0.1) is 16.0 Å². The number of benzene rings is 4. The first-order chi connectivity index (χ1) is 24.1. The topological polar surface area (TPSA) is 116 Å². The summed E-state index contributed by atoms with van der Waals surface area (Å²) in [4.78, 5) is 53.9. The maximum Gasteiger partial charge on any atom is 0.356 e. The van der Waals surface area contributed by atoms with Gasteiger partial charge in [0.2, 0.25) is 5.91 Å². The predicted molar refractivity (Wildman–Crippen MR) is 207 cm³/mol. The van der Waals surface area contributed by atoms with Crippen molar-refractivity contribution in [2.24, 2.45) is 5.92 Å². The van der Waals surface area contributed by atoms with E-state index in [9.17, 15) is 24.5 Å². The fourth-order valence-electron chi connectivity index (χ4n) is 5.95. The fraction of sp³-hybridized carbons (Fsp3) is 0.216. The Hall–Kier alpha value is -4.22. The summed E-state index contributed by atoms with van der Waals surface area (Å²) in [6.07, 6.45) is -0.793. The third kappa shape index (κ3) is 7.73. The molecule has 0 radical (unpaired) electrons. The van der Waals surface area contributed by atoms with E-state index in [0.29, 0.717) is 14.8 Å². The number of carbonyl (C=O) groups excluding carboxylic acids is 3. The standard InChI is InChI=1S/C37H35N2O7PS3/c1-4-49-37(48)50-35-32(25(2)46-26(3)40)33(41)38(35)34(36(42)45-24-27-20-22-28(23-21-27)39(43)44)47(29-14-8-5-9-15-29,30-16-10-6-11-17-30)31-18-12-7-13-19-31/h5-23,25,32,35H,4,24H2,1-3H3. The molecular weight excluding hydrogens is 712 g/mol. The van der Waals surface area contributed by atoms with Crippen molar-refractivity contribution < 1.29 is 28.8 Å². The zero-order chi connectivity index (χ0) is 35.8. The molecule has 4 aromatic rings. The van der Waals surface area contributed by atoms with Crippen molar-refractivity contribution in [3.63, 3.8) is 0 Å². The largest absolute Gasteiger partial charge is 0.462 e. The Balaban J connectivity index is 1.81. The molecule has 258 valence electrons. The summed E-state index contributed by atoms with van der Waals surface area (Å²) in [6.45, 7) is 1.53. The molecule has 0 N–H and O–H groups in total. The van der Waals surface area contributed by atoms with Crippen molar-refractivity contribution in [3.8, 4) is 0 Å². The van der Waals surface area contributed by atoms with Gasteiger partial charge >= 0.3 is 11.9 Å². The van der Waals surface area contributed by atoms with Crippen molar-refractivity contribution in [1.82, 2.24) is 4.90 Å². The molecule has 0 aromatic heterocycles. The summed E-state index contributed by atoms with van der Waals surface area (Å²) in [7, 11) is 0. The Morgan fingerprint density at radius 2 is 1.40 bits per heavy atom. The van der Waals surface area contributed by atoms with Crippen LogP contribution in [-0.2, 0) is 30.5 Å². The number of non-ortho nitro benzene ring substituents is 1. The minimum atomic E-state index is -3.21. The second-order valence-corrected chi connectivity index (χ2v) is 18.1. The van der Waals surface area contributed by atoms with Gasteiger partial charge in [-0.2, -0.15) is 0 Å². The molecule has 1 saturated heterocycles. The van der Waals surface area contributed by atoms with Gasteiger partial charge in [0.15, 0.2) is 0 Å². The molecule has 3 unspecified atom stereocenters. The van der Waals surface area contributed by atoms with Crippen molar-refractivity contribution >= 4 is 91.0 Å². The Labute approximate surface area is 304 Å². The number of thiocarbonyl (C=S) groups is 1. The summed E-state index contributed by atoms with van der Waals surface area (Å²) in [5.74, 6) is -1.72. The van der Waals surface area contributed by atoms with Gasteiger partial charge in [0.1, 0.15) is 32.9 Å². The highest BCUT2D eigenvalue weighted by atomic mass is 32.2. The van der Waals surface area contributed by atoms with Crippen LogP contribution < -0.4 is 15.9 Å². The van der Waals surface area contributed by atoms with E-state index >= 15 is 0 Å². The van der Waals surface area contributed by atoms with Crippen LogP contribution in [-0.4, -0.2) is 53.8 Å². The predicted octanol–water partition coefficient (Wildman–Crippen LogP) is 6.27. The number of rotatable bonds is 12. The van der Waals surface area contributed by atoms with Crippen LogP contribution in [0.15, 0.2) is 115 Å². The fourth-order valence-corrected chi connectivity index (χ4v) is 13.2. The van der Waals surface area contributed by atoms with Crippen molar-refractivity contribution in [2.45, 2.75) is 38.9 Å². The lowest BCUT2D eigenvalue weighted by atomic mass is 9.92. The molecule has 0 spiro atoms. The van der Waals surface area contributed by atoms with E-state index in [1.807, 2.05) is 97.9 Å². The Morgan fingerprint density at radius 1 is 0.900 bits per heavy atom. The number of nitro groups is 1. The van der Waals surface area contributed by atoms with E-state index in [0.717, 1.165) is 15.9 Å². The number of hydrogen-bond acceptors (Lipinski definition) is 10. The van der Waals surface area contributed by atoms with E-state index in [1.54, 1.807) is 6.92 Å². The minimum absolute atomic E-state index is 0.0885. The number of ether oxygens (including phenoxy) is 2. The van der Waals surface area contributed by atoms with Crippen LogP contribution in [0.25, 0.3) is 0 Å². The molecule has 1 fully saturated rings. The maximum absolute atomic E-state index is 15.0. The van der Waals surface area contributed by atoms with Gasteiger partial charge in [0, 0.05) is 25.9 Å². The summed E-state index contributed by atoms with van der Waals surface area (Å²) >= 11 is 8.47. The molecule has 0 aliphatic carbocycles. The van der Waals surface area contributed by atoms with Gasteiger partial charge < -0.3 is 9.47 Å². The van der Waals surface area contributed by atoms with Gasteiger partial charge in [-0.1, -0.05) is 122 Å². The smallest absolute Gasteiger partial charge is 0.356 e. The second kappa shape index (κ2) is 16.7. The zero-order valence-electron chi connectivity index (χ0n) is 27.5. The molecule has 1 aliphatic rings. The molecule has 0 bridgehead atoms. The van der Waals surface area contributed by atoms with Gasteiger partial charge in [-0.05, 0) is 46.3 Å². The first kappa shape index (κ1) is 37.0. The molecule has 9 nitrogen and oxygen atoms in total. The Morgan fingerprint density at radius 3 is 1.84 bits per heavy atom. The van der Waals surface area contributed by atoms with Crippen molar-refractivity contribution in [1.29, 1.82) is 0 Å². The maximum atomic E-state index is 15.0. The van der Waals surface area contributed by atoms with Gasteiger partial charge in [0.25, 0.3) is 5.69 Å². The number of hydrogen-bond donors (Lipinski definition) is 0. The lowest BCUT2D eigenvalue weighted by Crippen LogP contribution is -2.67. The van der Waals surface area contributed by atoms with Crippen LogP contribution in [0.4, 0.5) is 5.69 Å². The molecular formula is C37H35N2O7PS3. The van der Waals surface area contributed by atoms with Crippen LogP contribution in [0.3, 0.4) is 0 Å². The minimum Gasteiger partial charge on any atom is -0.462 e. The number of thioether (sulfide) groups is 2. The summed E-state index contributed by atoms with van der Waals surface area (Å²) < 4.78 is 12.2. The van der Waals surface area contributed by atoms with Crippen molar-refractivity contribution in [2.75, 3.05) is 5.75 Å². The SMILES string of the molecule is CCSC(=S)SC1C(C(C)OC(C)=O)C(=O)N1C(C(=O)OCc1ccc([N+](=O)[O-])cc1)=P(c1ccccc1)(c1ccccc1)c1ccccc1. The lowest BCUT2D eigenvalue weighted by Gasteiger charge is -2.50. The number of likely N-dealkylation sites (tertiary alicyclic amines) is 1. The normalized spacial score (nSPS) is 16.1. The number of esters is 2. The average Bonchev–Trinajstić information content (AvgIpc) is 3.11. The van der Waals surface area contributed by atoms with Crippen LogP contribution in [0.2, 0.25) is 0 Å². The number of nitro benzene ring substituents is 1. The zero-order valence-corrected chi connectivity index (χ0v) is 30.9. The van der Waals surface area contributed by atoms with Gasteiger partial charge in [-0.3, -0.25) is 24.6 Å². The van der Waals surface area contributed by atoms with Crippen LogP contribution in [0.1, 0.15) is 26.3 Å². The second-order valence-electron chi connectivity index (χ2n) is 11.2. The molecule has 0 saturated carbocycles. The molecule has 50 heavy (non-hydrogen) atoms. The van der Waals surface area contributed by atoms with Gasteiger partial charge in [0.05, 0.1) is 4.92 Å². The average molecular weight is 747 g/mol. The molecule has 4 aromatic carbocycles. The van der Waals surface area contributed by atoms with E-state index in [1.165, 1.54) is 59.6 Å². The van der Waals surface area contributed by atoms with Gasteiger partial charge in [-0.25, -0.2) is 4.79 Å². The third-order valence-electron chi connectivity index (χ3n) is 8.10. The lowest BCUT2D eigenvalue weighted by molar-refractivity contribution is -0.384. The number of carbonyl (C=O) groups is 3. The molecule has 5 rings (SSSR count). The first-order valence-corrected chi connectivity index (χ1v) is 19.8. The summed E-state index contributed by atoms with van der Waals surface area (Å²) in [6, 6.07) is 34.6. The van der Waals surface area contributed by atoms with Gasteiger partial charge in [-0.15, -0.1) is 11.8 Å². The van der Waals surface area contributed by atoms with Crippen molar-refractivity contribution in [3.05, 3.63) is 131 Å². The highest BCUT2D eigenvalue weighted by Gasteiger charge is 2.57. The summed E-state index contributed by atoms with van der Waals surface area (Å²) in [5, 5.41) is 13.0. The molecule has 1 heterocycles. The first-order valence-electron chi connectivity index (χ1n) is 15.8. The van der Waals surface area contributed by atoms with E-state index in [4.69, 9.17) is 21.7 Å². The molecule has 1 aliphatic heterocycles. The summed E-state index contributed by atoms with van der Waals surface area (Å²) in [5.41, 5.74) is 0.601. The van der Waals surface area contributed by atoms with Crippen LogP contribution in [0.5, 0.6) is 0 Å². The van der Waals surface area contributed by atoms with E-state index in [-0.39, 0.29) is 17.7 Å². The Bertz CT molecular complexity index is 1820. The highest BCUT2D eigenvalue weighted by molar-refractivity contribution is 8.47. The number of β-lactam (4-membered cyclic amide) rings is 1. The third-order valence-corrected chi connectivity index (χ3v) is 15.1.